The topological polar surface area (TPSA) is 0 Å². The van der Waals surface area contributed by atoms with Crippen LogP contribution in [0, 0.1) is 45.3 Å². The fraction of sp³-hybridized carbons (Fsp3) is 0.846. The Kier molecular flexibility index (Phi) is 3.44. The quantitative estimate of drug-likeness (QED) is 0.460. The lowest BCUT2D eigenvalue weighted by atomic mass is 9.53. The van der Waals surface area contributed by atoms with E-state index in [2.05, 4.69) is 47.3 Å². The molecule has 5 aliphatic rings. The van der Waals surface area contributed by atoms with Crippen LogP contribution in [0.15, 0.2) is 23.8 Å². The van der Waals surface area contributed by atoms with Gasteiger partial charge >= 0.3 is 0 Å². The smallest absolute Gasteiger partial charge is 0.00854 e. The van der Waals surface area contributed by atoms with Gasteiger partial charge in [-0.2, -0.15) is 0 Å². The molecule has 26 heavy (non-hydrogen) atoms. The van der Waals surface area contributed by atoms with Crippen molar-refractivity contribution in [1.82, 2.24) is 0 Å². The highest BCUT2D eigenvalue weighted by Crippen LogP contribution is 2.96. The Morgan fingerprint density at radius 2 is 1.96 bits per heavy atom. The van der Waals surface area contributed by atoms with Crippen molar-refractivity contribution in [2.24, 2.45) is 45.3 Å². The van der Waals surface area contributed by atoms with E-state index in [1.54, 1.807) is 17.6 Å². The Bertz CT molecular complexity index is 684. The van der Waals surface area contributed by atoms with Crippen molar-refractivity contribution in [2.75, 3.05) is 0 Å². The van der Waals surface area contributed by atoms with E-state index in [9.17, 15) is 0 Å². The van der Waals surface area contributed by atoms with Crippen molar-refractivity contribution in [1.29, 1.82) is 0 Å². The summed E-state index contributed by atoms with van der Waals surface area (Å²) in [5.74, 6) is 3.92. The molecule has 0 aromatic carbocycles. The molecule has 0 aliphatic heterocycles. The maximum Gasteiger partial charge on any atom is -0.00854 e. The molecule has 0 nitrogen and oxygen atoms in total. The van der Waals surface area contributed by atoms with Crippen molar-refractivity contribution in [2.45, 2.75) is 92.4 Å². The first-order chi connectivity index (χ1) is 12.3. The molecule has 0 radical (unpaired) electrons. The van der Waals surface area contributed by atoms with E-state index in [4.69, 9.17) is 0 Å². The molecule has 0 heteroatoms. The molecule has 0 N–H and O–H groups in total. The Labute approximate surface area is 161 Å². The fourth-order valence-electron chi connectivity index (χ4n) is 10.6. The summed E-state index contributed by atoms with van der Waals surface area (Å²) in [5, 5.41) is 0. The third-order valence-electron chi connectivity index (χ3n) is 11.3. The Morgan fingerprint density at radius 1 is 1.19 bits per heavy atom. The van der Waals surface area contributed by atoms with Gasteiger partial charge in [-0.25, -0.2) is 0 Å². The highest BCUT2D eigenvalue weighted by Gasteiger charge is 2.90. The first kappa shape index (κ1) is 17.6. The van der Waals surface area contributed by atoms with Gasteiger partial charge in [-0.15, -0.1) is 0 Å². The zero-order chi connectivity index (χ0) is 18.5. The van der Waals surface area contributed by atoms with Crippen molar-refractivity contribution >= 4 is 0 Å². The predicted molar refractivity (Wildman–Crippen MR) is 111 cm³/mol. The van der Waals surface area contributed by atoms with Crippen LogP contribution < -0.4 is 0 Å². The molecule has 0 saturated heterocycles. The van der Waals surface area contributed by atoms with E-state index < -0.39 is 0 Å². The normalized spacial score (nSPS) is 59.0. The summed E-state index contributed by atoms with van der Waals surface area (Å²) in [7, 11) is 0. The molecule has 8 unspecified atom stereocenters. The van der Waals surface area contributed by atoms with E-state index >= 15 is 0 Å². The first-order valence-corrected chi connectivity index (χ1v) is 11.6. The minimum Gasteiger partial charge on any atom is -0.0998 e. The minimum atomic E-state index is 0.492. The van der Waals surface area contributed by atoms with Gasteiger partial charge in [-0.3, -0.25) is 0 Å². The number of fused-ring (bicyclic) bond motifs is 2. The van der Waals surface area contributed by atoms with Crippen LogP contribution in [0.1, 0.15) is 92.4 Å². The number of hydrogen-bond acceptors (Lipinski definition) is 0. The third kappa shape index (κ3) is 1.59. The average molecular weight is 353 g/mol. The lowest BCUT2D eigenvalue weighted by Crippen LogP contribution is -2.44. The maximum absolute atomic E-state index is 4.43. The SMILES string of the molecule is C=C1CCC23C(C)C24CC(CC4C2CC/C(=C/C)C2(C)CCC)C3(C)C1. The molecule has 5 aliphatic carbocycles. The van der Waals surface area contributed by atoms with Crippen LogP contribution >= 0.6 is 0 Å². The molecule has 0 amide bonds. The van der Waals surface area contributed by atoms with Gasteiger partial charge in [0.15, 0.2) is 0 Å². The van der Waals surface area contributed by atoms with E-state index in [-0.39, 0.29) is 0 Å². The Hall–Kier alpha value is -0.520. The van der Waals surface area contributed by atoms with Gasteiger partial charge < -0.3 is 0 Å². The molecule has 2 bridgehead atoms. The molecule has 5 saturated carbocycles. The van der Waals surface area contributed by atoms with Crippen LogP contribution in [0.25, 0.3) is 0 Å². The van der Waals surface area contributed by atoms with Crippen molar-refractivity contribution < 1.29 is 0 Å². The second-order valence-corrected chi connectivity index (χ2v) is 11.4. The first-order valence-electron chi connectivity index (χ1n) is 11.6. The minimum absolute atomic E-state index is 0.492. The summed E-state index contributed by atoms with van der Waals surface area (Å²) in [6.07, 6.45) is 15.3. The molecule has 5 rings (SSSR count). The largest absolute Gasteiger partial charge is 0.0998 e. The summed E-state index contributed by atoms with van der Waals surface area (Å²) in [5.41, 5.74) is 5.82. The van der Waals surface area contributed by atoms with E-state index in [1.807, 2.05) is 0 Å². The van der Waals surface area contributed by atoms with E-state index in [1.165, 1.54) is 51.4 Å². The molecule has 8 atom stereocenters. The highest BCUT2D eigenvalue weighted by atomic mass is 14.9. The average Bonchev–Trinajstić information content (AvgIpc) is 2.92. The second-order valence-electron chi connectivity index (χ2n) is 11.4. The zero-order valence-corrected chi connectivity index (χ0v) is 18.0. The van der Waals surface area contributed by atoms with Gasteiger partial charge in [-0.1, -0.05) is 57.9 Å². The molecule has 0 heterocycles. The van der Waals surface area contributed by atoms with Crippen LogP contribution in [0.3, 0.4) is 0 Å². The Balaban J connectivity index is 1.54. The van der Waals surface area contributed by atoms with Crippen LogP contribution in [0.2, 0.25) is 0 Å². The molecule has 0 aromatic rings. The van der Waals surface area contributed by atoms with Crippen molar-refractivity contribution in [3.05, 3.63) is 23.8 Å². The standard InChI is InChI=1S/C26H40/c1-7-12-23(5)19(8-2)9-10-21(23)22-14-20-16-25(22)18(4)26(25)13-11-17(3)15-24(20,26)6/h8,18,20-22H,3,7,9-16H2,1-2,4-6H3/b19-8-. The van der Waals surface area contributed by atoms with Crippen LogP contribution in [-0.2, 0) is 0 Å². The number of rotatable bonds is 3. The van der Waals surface area contributed by atoms with E-state index in [0.29, 0.717) is 21.7 Å². The molecular formula is C26H40. The monoisotopic (exact) mass is 352 g/mol. The van der Waals surface area contributed by atoms with Gasteiger partial charge in [-0.05, 0) is 104 Å². The third-order valence-corrected chi connectivity index (χ3v) is 11.3. The summed E-state index contributed by atoms with van der Waals surface area (Å²) < 4.78 is 0. The van der Waals surface area contributed by atoms with Crippen LogP contribution in [0.5, 0.6) is 0 Å². The predicted octanol–water partition coefficient (Wildman–Crippen LogP) is 7.56. The van der Waals surface area contributed by atoms with Gasteiger partial charge in [0.1, 0.15) is 0 Å². The van der Waals surface area contributed by atoms with Crippen LogP contribution in [0.4, 0.5) is 0 Å². The summed E-state index contributed by atoms with van der Waals surface area (Å²) in [4.78, 5) is 0. The van der Waals surface area contributed by atoms with Crippen LogP contribution in [-0.4, -0.2) is 0 Å². The maximum atomic E-state index is 4.43. The van der Waals surface area contributed by atoms with Crippen molar-refractivity contribution in [3.8, 4) is 0 Å². The van der Waals surface area contributed by atoms with Gasteiger partial charge in [0, 0.05) is 0 Å². The zero-order valence-electron chi connectivity index (χ0n) is 18.0. The molecule has 0 aromatic heterocycles. The second kappa shape index (κ2) is 5.09. The van der Waals surface area contributed by atoms with Gasteiger partial charge in [0.2, 0.25) is 0 Å². The fourth-order valence-corrected chi connectivity index (χ4v) is 10.6. The molecule has 2 spiro atoms. The van der Waals surface area contributed by atoms with E-state index in [0.717, 1.165) is 23.7 Å². The highest BCUT2D eigenvalue weighted by molar-refractivity contribution is 5.40. The summed E-state index contributed by atoms with van der Waals surface area (Å²) in [6, 6.07) is 0. The lowest BCUT2D eigenvalue weighted by Gasteiger charge is -2.51. The summed E-state index contributed by atoms with van der Waals surface area (Å²) in [6.45, 7) is 17.1. The lowest BCUT2D eigenvalue weighted by molar-refractivity contribution is -0.00120. The molecule has 5 fully saturated rings. The summed E-state index contributed by atoms with van der Waals surface area (Å²) >= 11 is 0. The Morgan fingerprint density at radius 3 is 2.65 bits per heavy atom. The molecular weight excluding hydrogens is 312 g/mol. The number of hydrogen-bond donors (Lipinski definition) is 0. The van der Waals surface area contributed by atoms with Crippen molar-refractivity contribution in [3.63, 3.8) is 0 Å². The molecule has 144 valence electrons. The van der Waals surface area contributed by atoms with Gasteiger partial charge in [0.25, 0.3) is 0 Å². The number of allylic oxidation sites excluding steroid dienone is 3. The van der Waals surface area contributed by atoms with Gasteiger partial charge in [0.05, 0.1) is 0 Å².